The normalized spacial score (nSPS) is 13.0. The summed E-state index contributed by atoms with van der Waals surface area (Å²) in [6.07, 6.45) is 2.89. The fraction of sp³-hybridized carbons (Fsp3) is 0.154. The van der Waals surface area contributed by atoms with E-state index in [1.807, 2.05) is 18.2 Å². The summed E-state index contributed by atoms with van der Waals surface area (Å²) in [4.78, 5) is 4.24. The van der Waals surface area contributed by atoms with E-state index in [0.29, 0.717) is 0 Å². The topological polar surface area (TPSA) is 37.0 Å². The molecule has 0 unspecified atom stereocenters. The number of anilines is 3. The van der Waals surface area contributed by atoms with Crippen LogP contribution in [0.3, 0.4) is 0 Å². The SMILES string of the molecule is c1ccc(Nc2ccc3c(c2)CCN3)nc1. The lowest BCUT2D eigenvalue weighted by Gasteiger charge is -2.07. The number of pyridine rings is 1. The van der Waals surface area contributed by atoms with E-state index in [2.05, 4.69) is 33.8 Å². The van der Waals surface area contributed by atoms with E-state index in [1.54, 1.807) is 6.20 Å². The van der Waals surface area contributed by atoms with Crippen molar-refractivity contribution in [1.29, 1.82) is 0 Å². The molecular weight excluding hydrogens is 198 g/mol. The number of aromatic nitrogens is 1. The molecular formula is C13H13N3. The Morgan fingerprint density at radius 3 is 3.06 bits per heavy atom. The molecule has 0 spiro atoms. The van der Waals surface area contributed by atoms with Crippen molar-refractivity contribution in [3.05, 3.63) is 48.2 Å². The van der Waals surface area contributed by atoms with E-state index < -0.39 is 0 Å². The highest BCUT2D eigenvalue weighted by Crippen LogP contribution is 2.26. The lowest BCUT2D eigenvalue weighted by atomic mass is 10.1. The van der Waals surface area contributed by atoms with E-state index in [9.17, 15) is 0 Å². The van der Waals surface area contributed by atoms with Crippen molar-refractivity contribution in [3.63, 3.8) is 0 Å². The molecule has 80 valence electrons. The highest BCUT2D eigenvalue weighted by molar-refractivity contribution is 5.65. The average molecular weight is 211 g/mol. The third-order valence-electron chi connectivity index (χ3n) is 2.75. The molecule has 0 atom stereocenters. The second-order valence-corrected chi connectivity index (χ2v) is 3.89. The van der Waals surface area contributed by atoms with E-state index in [-0.39, 0.29) is 0 Å². The molecule has 0 amide bonds. The van der Waals surface area contributed by atoms with E-state index >= 15 is 0 Å². The van der Waals surface area contributed by atoms with Crippen LogP contribution < -0.4 is 10.6 Å². The van der Waals surface area contributed by atoms with Gasteiger partial charge in [-0.05, 0) is 42.3 Å². The molecule has 0 saturated carbocycles. The third kappa shape index (κ3) is 1.72. The van der Waals surface area contributed by atoms with Crippen molar-refractivity contribution in [3.8, 4) is 0 Å². The van der Waals surface area contributed by atoms with Gasteiger partial charge in [-0.1, -0.05) is 6.07 Å². The second-order valence-electron chi connectivity index (χ2n) is 3.89. The summed E-state index contributed by atoms with van der Waals surface area (Å²) in [5.41, 5.74) is 3.73. The second kappa shape index (κ2) is 3.85. The molecule has 1 aromatic heterocycles. The lowest BCUT2D eigenvalue weighted by Crippen LogP contribution is -1.93. The van der Waals surface area contributed by atoms with Gasteiger partial charge in [0.05, 0.1) is 0 Å². The third-order valence-corrected chi connectivity index (χ3v) is 2.75. The Morgan fingerprint density at radius 1 is 1.19 bits per heavy atom. The predicted octanol–water partition coefficient (Wildman–Crippen LogP) is 2.79. The summed E-state index contributed by atoms with van der Waals surface area (Å²) in [6.45, 7) is 1.04. The van der Waals surface area contributed by atoms with E-state index in [1.165, 1.54) is 11.3 Å². The Morgan fingerprint density at radius 2 is 2.19 bits per heavy atom. The number of hydrogen-bond acceptors (Lipinski definition) is 3. The Kier molecular flexibility index (Phi) is 2.22. The van der Waals surface area contributed by atoms with Crippen LogP contribution in [0.2, 0.25) is 0 Å². The van der Waals surface area contributed by atoms with Crippen LogP contribution in [0.4, 0.5) is 17.2 Å². The molecule has 2 heterocycles. The van der Waals surface area contributed by atoms with Gasteiger partial charge in [-0.15, -0.1) is 0 Å². The zero-order chi connectivity index (χ0) is 10.8. The number of hydrogen-bond donors (Lipinski definition) is 2. The minimum Gasteiger partial charge on any atom is -0.384 e. The Bertz CT molecular complexity index is 494. The summed E-state index contributed by atoms with van der Waals surface area (Å²) >= 11 is 0. The fourth-order valence-corrected chi connectivity index (χ4v) is 1.97. The van der Waals surface area contributed by atoms with Gasteiger partial charge in [0.25, 0.3) is 0 Å². The number of nitrogens with zero attached hydrogens (tertiary/aromatic N) is 1. The van der Waals surface area contributed by atoms with Crippen LogP contribution in [-0.2, 0) is 6.42 Å². The molecule has 3 heteroatoms. The first kappa shape index (κ1) is 9.21. The van der Waals surface area contributed by atoms with Crippen molar-refractivity contribution < 1.29 is 0 Å². The highest BCUT2D eigenvalue weighted by Gasteiger charge is 2.09. The summed E-state index contributed by atoms with van der Waals surface area (Å²) in [7, 11) is 0. The van der Waals surface area contributed by atoms with Crippen LogP contribution in [0.25, 0.3) is 0 Å². The van der Waals surface area contributed by atoms with Crippen molar-refractivity contribution in [2.45, 2.75) is 6.42 Å². The molecule has 0 bridgehead atoms. The number of nitrogens with one attached hydrogen (secondary N) is 2. The molecule has 1 aliphatic rings. The summed E-state index contributed by atoms with van der Waals surface area (Å²) in [6, 6.07) is 12.2. The van der Waals surface area contributed by atoms with Gasteiger partial charge in [0.15, 0.2) is 0 Å². The Balaban J connectivity index is 1.86. The molecule has 0 fully saturated rings. The van der Waals surface area contributed by atoms with Crippen LogP contribution in [0.1, 0.15) is 5.56 Å². The van der Waals surface area contributed by atoms with Crippen molar-refractivity contribution in [2.24, 2.45) is 0 Å². The molecule has 16 heavy (non-hydrogen) atoms. The lowest BCUT2D eigenvalue weighted by molar-refractivity contribution is 1.11. The largest absolute Gasteiger partial charge is 0.384 e. The number of benzene rings is 1. The minimum atomic E-state index is 0.883. The van der Waals surface area contributed by atoms with E-state index in [0.717, 1.165) is 24.5 Å². The smallest absolute Gasteiger partial charge is 0.130 e. The standard InChI is InChI=1S/C13H13N3/c1-2-7-15-13(3-1)16-11-4-5-12-10(9-11)6-8-14-12/h1-5,7,9,14H,6,8H2,(H,15,16). The summed E-state index contributed by atoms with van der Waals surface area (Å²) in [5.74, 6) is 0.883. The van der Waals surface area contributed by atoms with Crippen LogP contribution in [-0.4, -0.2) is 11.5 Å². The fourth-order valence-electron chi connectivity index (χ4n) is 1.97. The van der Waals surface area contributed by atoms with Gasteiger partial charge < -0.3 is 10.6 Å². The van der Waals surface area contributed by atoms with E-state index in [4.69, 9.17) is 0 Å². The van der Waals surface area contributed by atoms with Gasteiger partial charge in [0, 0.05) is 24.1 Å². The first-order valence-electron chi connectivity index (χ1n) is 5.47. The van der Waals surface area contributed by atoms with Gasteiger partial charge in [0.2, 0.25) is 0 Å². The van der Waals surface area contributed by atoms with Gasteiger partial charge in [-0.2, -0.15) is 0 Å². The maximum atomic E-state index is 4.24. The quantitative estimate of drug-likeness (QED) is 0.802. The maximum absolute atomic E-state index is 4.24. The Hall–Kier alpha value is -2.03. The first-order valence-corrected chi connectivity index (χ1v) is 5.47. The Labute approximate surface area is 94.5 Å². The number of fused-ring (bicyclic) bond motifs is 1. The monoisotopic (exact) mass is 211 g/mol. The minimum absolute atomic E-state index is 0.883. The van der Waals surface area contributed by atoms with Gasteiger partial charge in [-0.25, -0.2) is 4.98 Å². The molecule has 3 rings (SSSR count). The maximum Gasteiger partial charge on any atom is 0.130 e. The molecule has 1 aliphatic heterocycles. The van der Waals surface area contributed by atoms with Gasteiger partial charge >= 0.3 is 0 Å². The highest BCUT2D eigenvalue weighted by atomic mass is 15.0. The van der Waals surface area contributed by atoms with Crippen molar-refractivity contribution in [2.75, 3.05) is 17.2 Å². The predicted molar refractivity (Wildman–Crippen MR) is 66.2 cm³/mol. The van der Waals surface area contributed by atoms with Gasteiger partial charge in [-0.3, -0.25) is 0 Å². The van der Waals surface area contributed by atoms with Crippen molar-refractivity contribution >= 4 is 17.2 Å². The van der Waals surface area contributed by atoms with Crippen LogP contribution in [0.15, 0.2) is 42.6 Å². The zero-order valence-corrected chi connectivity index (χ0v) is 8.90. The summed E-state index contributed by atoms with van der Waals surface area (Å²) in [5, 5.41) is 6.64. The molecule has 0 aliphatic carbocycles. The molecule has 2 aromatic rings. The molecule has 3 nitrogen and oxygen atoms in total. The molecule has 0 saturated heterocycles. The summed E-state index contributed by atoms with van der Waals surface area (Å²) < 4.78 is 0. The van der Waals surface area contributed by atoms with Crippen LogP contribution in [0.5, 0.6) is 0 Å². The van der Waals surface area contributed by atoms with Crippen molar-refractivity contribution in [1.82, 2.24) is 4.98 Å². The zero-order valence-electron chi connectivity index (χ0n) is 8.90. The van der Waals surface area contributed by atoms with Gasteiger partial charge in [0.1, 0.15) is 5.82 Å². The average Bonchev–Trinajstić information content (AvgIpc) is 2.77. The number of rotatable bonds is 2. The molecule has 1 aromatic carbocycles. The first-order chi connectivity index (χ1) is 7.92. The molecule has 0 radical (unpaired) electrons. The van der Waals surface area contributed by atoms with Crippen LogP contribution >= 0.6 is 0 Å². The van der Waals surface area contributed by atoms with Crippen LogP contribution in [0, 0.1) is 0 Å². The molecule has 2 N–H and O–H groups in total.